The first-order valence-electron chi connectivity index (χ1n) is 9.36. The predicted molar refractivity (Wildman–Crippen MR) is 114 cm³/mol. The number of nitrogens with zero attached hydrogens (tertiary/aromatic N) is 3. The lowest BCUT2D eigenvalue weighted by Crippen LogP contribution is -2.36. The molecule has 0 saturated carbocycles. The van der Waals surface area contributed by atoms with Crippen molar-refractivity contribution in [2.24, 2.45) is 0 Å². The van der Waals surface area contributed by atoms with E-state index >= 15 is 0 Å². The second kappa shape index (κ2) is 9.41. The van der Waals surface area contributed by atoms with Gasteiger partial charge in [-0.2, -0.15) is 0 Å². The quantitative estimate of drug-likeness (QED) is 0.430. The van der Waals surface area contributed by atoms with Gasteiger partial charge < -0.3 is 9.64 Å². The molecule has 1 fully saturated rings. The summed E-state index contributed by atoms with van der Waals surface area (Å²) in [6.45, 7) is 3.50. The van der Waals surface area contributed by atoms with E-state index in [9.17, 15) is 0 Å². The van der Waals surface area contributed by atoms with E-state index in [0.717, 1.165) is 54.0 Å². The van der Waals surface area contributed by atoms with Crippen LogP contribution in [-0.4, -0.2) is 36.3 Å². The van der Waals surface area contributed by atoms with Gasteiger partial charge in [0.25, 0.3) is 0 Å². The molecular formula is C22H22ClN3OS. The summed E-state index contributed by atoms with van der Waals surface area (Å²) in [5.74, 6) is 1.37. The molecule has 1 aromatic heterocycles. The van der Waals surface area contributed by atoms with E-state index in [4.69, 9.17) is 21.3 Å². The largest absolute Gasteiger partial charge is 0.378 e. The Balaban J connectivity index is 1.41. The third-order valence-electron chi connectivity index (χ3n) is 4.65. The second-order valence-electron chi connectivity index (χ2n) is 6.63. The van der Waals surface area contributed by atoms with Gasteiger partial charge >= 0.3 is 0 Å². The van der Waals surface area contributed by atoms with Crippen molar-refractivity contribution in [3.05, 3.63) is 77.7 Å². The fourth-order valence-electron chi connectivity index (χ4n) is 3.12. The second-order valence-corrected chi connectivity index (χ2v) is 7.99. The Hall–Kier alpha value is -2.08. The SMILES string of the molecule is ClCc1ccc(Sc2ccnc(Cc3ccc(N4CCOCC4)cc3)n2)cc1. The van der Waals surface area contributed by atoms with Crippen LogP contribution in [0.25, 0.3) is 0 Å². The summed E-state index contributed by atoms with van der Waals surface area (Å²) >= 11 is 7.50. The van der Waals surface area contributed by atoms with Crippen LogP contribution in [0.15, 0.2) is 70.7 Å². The van der Waals surface area contributed by atoms with Crippen molar-refractivity contribution in [3.8, 4) is 0 Å². The van der Waals surface area contributed by atoms with Crippen molar-refractivity contribution in [1.29, 1.82) is 0 Å². The average Bonchev–Trinajstić information content (AvgIpc) is 2.76. The van der Waals surface area contributed by atoms with Crippen molar-refractivity contribution in [1.82, 2.24) is 9.97 Å². The van der Waals surface area contributed by atoms with E-state index < -0.39 is 0 Å². The highest BCUT2D eigenvalue weighted by molar-refractivity contribution is 7.99. The highest BCUT2D eigenvalue weighted by Crippen LogP contribution is 2.26. The third kappa shape index (κ3) is 5.04. The molecule has 0 spiro atoms. The van der Waals surface area contributed by atoms with Gasteiger partial charge in [0.2, 0.25) is 0 Å². The first-order chi connectivity index (χ1) is 13.8. The molecule has 0 bridgehead atoms. The fraction of sp³-hybridized carbons (Fsp3) is 0.273. The van der Waals surface area contributed by atoms with Gasteiger partial charge in [-0.05, 0) is 41.5 Å². The molecule has 2 aromatic carbocycles. The van der Waals surface area contributed by atoms with Gasteiger partial charge in [0, 0.05) is 42.2 Å². The summed E-state index contributed by atoms with van der Waals surface area (Å²) in [5.41, 5.74) is 3.58. The average molecular weight is 412 g/mol. The highest BCUT2D eigenvalue weighted by atomic mass is 35.5. The summed E-state index contributed by atoms with van der Waals surface area (Å²) in [5, 5.41) is 0.952. The van der Waals surface area contributed by atoms with Crippen LogP contribution in [0.4, 0.5) is 5.69 Å². The van der Waals surface area contributed by atoms with Crippen LogP contribution >= 0.6 is 23.4 Å². The third-order valence-corrected chi connectivity index (χ3v) is 5.91. The molecular weight excluding hydrogens is 390 g/mol. The number of alkyl halides is 1. The van der Waals surface area contributed by atoms with Crippen molar-refractivity contribution in [2.45, 2.75) is 22.2 Å². The predicted octanol–water partition coefficient (Wildman–Crippen LogP) is 4.79. The van der Waals surface area contributed by atoms with Crippen LogP contribution in [0.1, 0.15) is 17.0 Å². The standard InChI is InChI=1S/C22H22ClN3OS/c23-16-18-3-7-20(8-4-18)28-22-9-10-24-21(25-22)15-17-1-5-19(6-2-17)26-11-13-27-14-12-26/h1-10H,11-16H2. The van der Waals surface area contributed by atoms with Crippen molar-refractivity contribution < 1.29 is 4.74 Å². The number of halogens is 1. The van der Waals surface area contributed by atoms with E-state index in [2.05, 4.69) is 46.3 Å². The smallest absolute Gasteiger partial charge is 0.133 e. The molecule has 1 aliphatic heterocycles. The normalized spacial score (nSPS) is 14.2. The molecule has 28 heavy (non-hydrogen) atoms. The van der Waals surface area contributed by atoms with E-state index in [0.29, 0.717) is 5.88 Å². The Kier molecular flexibility index (Phi) is 6.47. The van der Waals surface area contributed by atoms with Gasteiger partial charge in [-0.15, -0.1) is 11.6 Å². The van der Waals surface area contributed by atoms with Crippen molar-refractivity contribution >= 4 is 29.1 Å². The Morgan fingerprint density at radius 2 is 1.64 bits per heavy atom. The lowest BCUT2D eigenvalue weighted by atomic mass is 10.1. The molecule has 2 heterocycles. The van der Waals surface area contributed by atoms with Gasteiger partial charge in [-0.25, -0.2) is 9.97 Å². The molecule has 4 rings (SSSR count). The zero-order valence-electron chi connectivity index (χ0n) is 15.6. The molecule has 1 saturated heterocycles. The number of hydrogen-bond donors (Lipinski definition) is 0. The maximum atomic E-state index is 5.86. The maximum Gasteiger partial charge on any atom is 0.133 e. The number of hydrogen-bond acceptors (Lipinski definition) is 5. The highest BCUT2D eigenvalue weighted by Gasteiger charge is 2.11. The summed E-state index contributed by atoms with van der Waals surface area (Å²) in [6, 6.07) is 18.9. The molecule has 1 aliphatic rings. The zero-order chi connectivity index (χ0) is 19.2. The number of anilines is 1. The van der Waals surface area contributed by atoms with Crippen LogP contribution in [0, 0.1) is 0 Å². The van der Waals surface area contributed by atoms with Gasteiger partial charge in [-0.1, -0.05) is 36.0 Å². The van der Waals surface area contributed by atoms with Gasteiger partial charge in [0.05, 0.1) is 13.2 Å². The molecule has 0 radical (unpaired) electrons. The fourth-order valence-corrected chi connectivity index (χ4v) is 4.09. The van der Waals surface area contributed by atoms with Gasteiger partial charge in [-0.3, -0.25) is 0 Å². The van der Waals surface area contributed by atoms with Crippen LogP contribution in [-0.2, 0) is 17.0 Å². The molecule has 0 unspecified atom stereocenters. The molecule has 3 aromatic rings. The summed E-state index contributed by atoms with van der Waals surface area (Å²) in [6.07, 6.45) is 2.56. The Bertz CT molecular complexity index is 896. The van der Waals surface area contributed by atoms with Gasteiger partial charge in [0.1, 0.15) is 10.9 Å². The molecule has 144 valence electrons. The monoisotopic (exact) mass is 411 g/mol. The van der Waals surface area contributed by atoms with E-state index in [-0.39, 0.29) is 0 Å². The van der Waals surface area contributed by atoms with E-state index in [1.54, 1.807) is 11.8 Å². The number of aromatic nitrogens is 2. The molecule has 0 atom stereocenters. The Morgan fingerprint density at radius 1 is 0.929 bits per heavy atom. The minimum Gasteiger partial charge on any atom is -0.378 e. The topological polar surface area (TPSA) is 38.2 Å². The Labute approximate surface area is 174 Å². The van der Waals surface area contributed by atoms with E-state index in [1.807, 2.05) is 24.4 Å². The lowest BCUT2D eigenvalue weighted by molar-refractivity contribution is 0.122. The van der Waals surface area contributed by atoms with Crippen molar-refractivity contribution in [3.63, 3.8) is 0 Å². The van der Waals surface area contributed by atoms with Crippen LogP contribution in [0.5, 0.6) is 0 Å². The number of morpholine rings is 1. The summed E-state index contributed by atoms with van der Waals surface area (Å²) < 4.78 is 5.42. The Morgan fingerprint density at radius 3 is 2.36 bits per heavy atom. The van der Waals surface area contributed by atoms with Crippen molar-refractivity contribution in [2.75, 3.05) is 31.2 Å². The number of rotatable bonds is 6. The zero-order valence-corrected chi connectivity index (χ0v) is 17.1. The first kappa shape index (κ1) is 19.2. The number of ether oxygens (including phenoxy) is 1. The maximum absolute atomic E-state index is 5.86. The van der Waals surface area contributed by atoms with Gasteiger partial charge in [0.15, 0.2) is 0 Å². The van der Waals surface area contributed by atoms with Crippen LogP contribution in [0.3, 0.4) is 0 Å². The molecule has 4 nitrogen and oxygen atoms in total. The summed E-state index contributed by atoms with van der Waals surface area (Å²) in [4.78, 5) is 12.7. The minimum absolute atomic E-state index is 0.535. The summed E-state index contributed by atoms with van der Waals surface area (Å²) in [7, 11) is 0. The van der Waals surface area contributed by atoms with Crippen LogP contribution < -0.4 is 4.90 Å². The molecule has 6 heteroatoms. The number of benzene rings is 2. The molecule has 0 N–H and O–H groups in total. The van der Waals surface area contributed by atoms with Crippen LogP contribution in [0.2, 0.25) is 0 Å². The minimum atomic E-state index is 0.535. The molecule has 0 amide bonds. The lowest BCUT2D eigenvalue weighted by Gasteiger charge is -2.28. The van der Waals surface area contributed by atoms with E-state index in [1.165, 1.54) is 11.3 Å². The first-order valence-corrected chi connectivity index (χ1v) is 10.7. The molecule has 0 aliphatic carbocycles.